The predicted octanol–water partition coefficient (Wildman–Crippen LogP) is 5.32. The number of fused-ring (bicyclic) bond motifs is 3. The summed E-state index contributed by atoms with van der Waals surface area (Å²) in [6.07, 6.45) is 8.19. The topological polar surface area (TPSA) is 71.0 Å². The molecule has 4 aromatic rings. The molecule has 1 saturated heterocycles. The van der Waals surface area contributed by atoms with Crippen molar-refractivity contribution in [2.75, 3.05) is 13.1 Å². The van der Waals surface area contributed by atoms with E-state index >= 15 is 0 Å². The van der Waals surface area contributed by atoms with Crippen molar-refractivity contribution in [3.63, 3.8) is 0 Å². The number of carbonyl (C=O) groups is 1. The third-order valence-electron chi connectivity index (χ3n) is 7.86. The molecule has 1 saturated carbocycles. The third-order valence-corrected chi connectivity index (χ3v) is 7.86. The summed E-state index contributed by atoms with van der Waals surface area (Å²) in [7, 11) is 0. The Hall–Kier alpha value is -3.41. The third kappa shape index (κ3) is 3.52. The number of benzene rings is 2. The van der Waals surface area contributed by atoms with E-state index in [4.69, 9.17) is 0 Å². The number of amides is 1. The average molecular weight is 455 g/mol. The number of carbonyl (C=O) groups excluding carboxylic acids is 1. The van der Waals surface area contributed by atoms with Gasteiger partial charge in [0.05, 0.1) is 28.7 Å². The van der Waals surface area contributed by atoms with Crippen LogP contribution in [0.25, 0.3) is 21.8 Å². The summed E-state index contributed by atoms with van der Waals surface area (Å²) in [5, 5.41) is 6.13. The highest BCUT2D eigenvalue weighted by Crippen LogP contribution is 2.34. The van der Waals surface area contributed by atoms with Gasteiger partial charge in [-0.05, 0) is 61.8 Å². The van der Waals surface area contributed by atoms with E-state index in [1.807, 2.05) is 34.7 Å². The van der Waals surface area contributed by atoms with Gasteiger partial charge in [0, 0.05) is 24.0 Å². The van der Waals surface area contributed by atoms with Crippen LogP contribution in [0.2, 0.25) is 0 Å². The van der Waals surface area contributed by atoms with Crippen molar-refractivity contribution < 1.29 is 4.79 Å². The maximum Gasteiger partial charge on any atom is 0.259 e. The summed E-state index contributed by atoms with van der Waals surface area (Å²) >= 11 is 0. The van der Waals surface area contributed by atoms with E-state index in [9.17, 15) is 9.59 Å². The zero-order chi connectivity index (χ0) is 23.2. The fourth-order valence-electron chi connectivity index (χ4n) is 5.96. The van der Waals surface area contributed by atoms with Gasteiger partial charge in [-0.25, -0.2) is 0 Å². The molecule has 34 heavy (non-hydrogen) atoms. The molecule has 1 amide bonds. The van der Waals surface area contributed by atoms with Gasteiger partial charge in [0.25, 0.3) is 11.5 Å². The Morgan fingerprint density at radius 1 is 1.00 bits per heavy atom. The standard InChI is InChI=1S/C28H30N4O2/c1-18-15-25-23(26-24(27(33)30-25)17-29-32(26)21-9-5-6-10-21)16-22(18)28(34)31-13-11-20(12-14-31)19-7-3-2-4-8-19/h2-4,7-8,15-17,20-21H,5-6,9-14H2,1H3,(H,30,33). The number of H-pyrrole nitrogens is 1. The number of aromatic nitrogens is 3. The molecule has 1 N–H and O–H groups in total. The lowest BCUT2D eigenvalue weighted by molar-refractivity contribution is 0.0712. The molecule has 6 heteroatoms. The number of nitrogens with zero attached hydrogens (tertiary/aromatic N) is 3. The second kappa shape index (κ2) is 8.42. The van der Waals surface area contributed by atoms with Gasteiger partial charge in [0.15, 0.2) is 0 Å². The van der Waals surface area contributed by atoms with Crippen molar-refractivity contribution in [1.29, 1.82) is 0 Å². The Morgan fingerprint density at radius 3 is 2.47 bits per heavy atom. The molecule has 0 atom stereocenters. The monoisotopic (exact) mass is 454 g/mol. The van der Waals surface area contributed by atoms with Crippen LogP contribution in [0.15, 0.2) is 53.5 Å². The molecule has 6 rings (SSSR count). The largest absolute Gasteiger partial charge is 0.339 e. The second-order valence-corrected chi connectivity index (χ2v) is 9.93. The molecule has 2 fully saturated rings. The molecule has 2 aromatic heterocycles. The fourth-order valence-corrected chi connectivity index (χ4v) is 5.96. The van der Waals surface area contributed by atoms with Crippen molar-refractivity contribution in [3.05, 3.63) is 75.7 Å². The minimum absolute atomic E-state index is 0.0807. The zero-order valence-corrected chi connectivity index (χ0v) is 19.6. The first-order valence-corrected chi connectivity index (χ1v) is 12.5. The summed E-state index contributed by atoms with van der Waals surface area (Å²) in [5.41, 5.74) is 4.50. The van der Waals surface area contributed by atoms with Crippen LogP contribution in [0.5, 0.6) is 0 Å². The zero-order valence-electron chi connectivity index (χ0n) is 19.6. The predicted molar refractivity (Wildman–Crippen MR) is 134 cm³/mol. The lowest BCUT2D eigenvalue weighted by Crippen LogP contribution is -2.38. The number of hydrogen-bond donors (Lipinski definition) is 1. The molecule has 1 aliphatic carbocycles. The van der Waals surface area contributed by atoms with Gasteiger partial charge in [-0.3, -0.25) is 14.3 Å². The van der Waals surface area contributed by atoms with E-state index in [0.717, 1.165) is 66.3 Å². The normalized spacial score (nSPS) is 17.7. The average Bonchev–Trinajstić information content (AvgIpc) is 3.55. The van der Waals surface area contributed by atoms with Crippen LogP contribution in [-0.2, 0) is 0 Å². The lowest BCUT2D eigenvalue weighted by Gasteiger charge is -2.32. The maximum absolute atomic E-state index is 13.6. The molecule has 0 bridgehead atoms. The highest BCUT2D eigenvalue weighted by molar-refractivity contribution is 6.07. The van der Waals surface area contributed by atoms with E-state index < -0.39 is 0 Å². The van der Waals surface area contributed by atoms with Crippen LogP contribution in [-0.4, -0.2) is 38.7 Å². The molecule has 0 spiro atoms. The summed E-state index contributed by atoms with van der Waals surface area (Å²) in [4.78, 5) is 31.4. The quantitative estimate of drug-likeness (QED) is 0.455. The number of aryl methyl sites for hydroxylation is 1. The van der Waals surface area contributed by atoms with Crippen LogP contribution in [0, 0.1) is 6.92 Å². The Bertz CT molecular complexity index is 1420. The number of nitrogens with one attached hydrogen (secondary N) is 1. The van der Waals surface area contributed by atoms with Crippen LogP contribution in [0.4, 0.5) is 0 Å². The van der Waals surface area contributed by atoms with Crippen molar-refractivity contribution in [3.8, 4) is 0 Å². The van der Waals surface area contributed by atoms with E-state index in [2.05, 4.69) is 34.3 Å². The molecular weight excluding hydrogens is 424 g/mol. The molecule has 1 aliphatic heterocycles. The minimum atomic E-state index is -0.117. The molecule has 0 radical (unpaired) electrons. The Morgan fingerprint density at radius 2 is 1.74 bits per heavy atom. The summed E-state index contributed by atoms with van der Waals surface area (Å²) in [6, 6.07) is 14.9. The molecule has 0 unspecified atom stereocenters. The first-order chi connectivity index (χ1) is 16.6. The fraction of sp³-hybridized carbons (Fsp3) is 0.393. The maximum atomic E-state index is 13.6. The van der Waals surface area contributed by atoms with E-state index in [1.54, 1.807) is 6.20 Å². The van der Waals surface area contributed by atoms with Crippen molar-refractivity contribution in [2.45, 2.75) is 57.4 Å². The van der Waals surface area contributed by atoms with Crippen LogP contribution < -0.4 is 5.56 Å². The number of aromatic amines is 1. The minimum Gasteiger partial charge on any atom is -0.339 e. The van der Waals surface area contributed by atoms with Gasteiger partial charge >= 0.3 is 0 Å². The Labute approximate surface area is 198 Å². The highest BCUT2D eigenvalue weighted by atomic mass is 16.2. The number of rotatable bonds is 3. The summed E-state index contributed by atoms with van der Waals surface area (Å²) in [5.74, 6) is 0.589. The molecular formula is C28H30N4O2. The van der Waals surface area contributed by atoms with Crippen LogP contribution in [0.3, 0.4) is 0 Å². The van der Waals surface area contributed by atoms with Crippen LogP contribution >= 0.6 is 0 Å². The first kappa shape index (κ1) is 21.1. The summed E-state index contributed by atoms with van der Waals surface area (Å²) in [6.45, 7) is 3.48. The SMILES string of the molecule is Cc1cc2[nH]c(=O)c3cnn(C4CCCC4)c3c2cc1C(=O)N1CCC(c2ccccc2)CC1. The first-order valence-electron chi connectivity index (χ1n) is 12.5. The molecule has 2 aromatic carbocycles. The Kier molecular flexibility index (Phi) is 5.24. The van der Waals surface area contributed by atoms with Gasteiger partial charge < -0.3 is 9.88 Å². The molecule has 3 heterocycles. The van der Waals surface area contributed by atoms with Gasteiger partial charge in [0.1, 0.15) is 0 Å². The van der Waals surface area contributed by atoms with Gasteiger partial charge in [-0.15, -0.1) is 0 Å². The van der Waals surface area contributed by atoms with Gasteiger partial charge in [0.2, 0.25) is 0 Å². The highest BCUT2D eigenvalue weighted by Gasteiger charge is 2.27. The van der Waals surface area contributed by atoms with Gasteiger partial charge in [-0.1, -0.05) is 43.2 Å². The van der Waals surface area contributed by atoms with Crippen molar-refractivity contribution >= 4 is 27.7 Å². The molecule has 174 valence electrons. The molecule has 6 nitrogen and oxygen atoms in total. The van der Waals surface area contributed by atoms with E-state index in [0.29, 0.717) is 17.3 Å². The van der Waals surface area contributed by atoms with Crippen LogP contribution in [0.1, 0.15) is 72.0 Å². The number of pyridine rings is 1. The molecule has 2 aliphatic rings. The number of piperidine rings is 1. The van der Waals surface area contributed by atoms with Crippen molar-refractivity contribution in [2.24, 2.45) is 0 Å². The summed E-state index contributed by atoms with van der Waals surface area (Å²) < 4.78 is 2.04. The van der Waals surface area contributed by atoms with Crippen molar-refractivity contribution in [1.82, 2.24) is 19.7 Å². The van der Waals surface area contributed by atoms with E-state index in [1.165, 1.54) is 18.4 Å². The van der Waals surface area contributed by atoms with Gasteiger partial charge in [-0.2, -0.15) is 5.10 Å². The number of likely N-dealkylation sites (tertiary alicyclic amines) is 1. The lowest BCUT2D eigenvalue weighted by atomic mass is 9.89. The van der Waals surface area contributed by atoms with E-state index in [-0.39, 0.29) is 11.5 Å². The number of hydrogen-bond acceptors (Lipinski definition) is 3. The Balaban J connectivity index is 1.36. The second-order valence-electron chi connectivity index (χ2n) is 9.93. The smallest absolute Gasteiger partial charge is 0.259 e.